The molecule has 0 N–H and O–H groups in total. The van der Waals surface area contributed by atoms with Gasteiger partial charge in [-0.15, -0.1) is 0 Å². The summed E-state index contributed by atoms with van der Waals surface area (Å²) >= 11 is 2.87. The van der Waals surface area contributed by atoms with E-state index in [1.807, 2.05) is 0 Å². The molecule has 0 bridgehead atoms. The quantitative estimate of drug-likeness (QED) is 0.636. The molecule has 0 aliphatic heterocycles. The average molecular weight is 194 g/mol. The molecule has 0 spiro atoms. The van der Waals surface area contributed by atoms with Crippen LogP contribution in [0.1, 0.15) is 8.22 Å². The summed E-state index contributed by atoms with van der Waals surface area (Å²) in [5, 5.41) is 0. The summed E-state index contributed by atoms with van der Waals surface area (Å²) in [6.45, 7) is 0. The van der Waals surface area contributed by atoms with Crippen molar-refractivity contribution in [3.8, 4) is 5.75 Å². The van der Waals surface area contributed by atoms with Crippen LogP contribution in [0.15, 0.2) is 22.9 Å². The highest BCUT2D eigenvalue weighted by molar-refractivity contribution is 9.10. The zero-order valence-electron chi connectivity index (χ0n) is 10.2. The SMILES string of the molecule is [2H]c1nc(Br)c([2H])c(OC([2H])([2H])[2H])c1[2H]. The molecule has 0 saturated carbocycles. The molecule has 1 aromatic rings. The Morgan fingerprint density at radius 1 is 2.00 bits per heavy atom. The summed E-state index contributed by atoms with van der Waals surface area (Å²) in [6, 6.07) is -0.869. The maximum absolute atomic E-state index is 7.43. The number of methoxy groups -OCH3 is 1. The van der Waals surface area contributed by atoms with Crippen LogP contribution in [0.5, 0.6) is 5.75 Å². The van der Waals surface area contributed by atoms with Crippen molar-refractivity contribution >= 4 is 15.9 Å². The van der Waals surface area contributed by atoms with Gasteiger partial charge in [-0.2, -0.15) is 0 Å². The number of rotatable bonds is 1. The van der Waals surface area contributed by atoms with Crippen LogP contribution in [0.4, 0.5) is 0 Å². The van der Waals surface area contributed by atoms with Crippen LogP contribution in [-0.2, 0) is 0 Å². The first-order valence-electron chi connectivity index (χ1n) is 5.04. The predicted octanol–water partition coefficient (Wildman–Crippen LogP) is 1.85. The van der Waals surface area contributed by atoms with Crippen molar-refractivity contribution < 1.29 is 13.0 Å². The number of ether oxygens (including phenoxy) is 1. The summed E-state index contributed by atoms with van der Waals surface area (Å²) in [5.41, 5.74) is 0. The van der Waals surface area contributed by atoms with E-state index in [9.17, 15) is 0 Å². The smallest absolute Gasteiger partial charge is 0.123 e. The van der Waals surface area contributed by atoms with Crippen LogP contribution in [0.3, 0.4) is 0 Å². The van der Waals surface area contributed by atoms with E-state index in [1.54, 1.807) is 0 Å². The van der Waals surface area contributed by atoms with Crippen molar-refractivity contribution in [3.05, 3.63) is 22.9 Å². The Kier molecular flexibility index (Phi) is 0.701. The van der Waals surface area contributed by atoms with Crippen molar-refractivity contribution in [2.24, 2.45) is 0 Å². The van der Waals surface area contributed by atoms with Gasteiger partial charge in [0.05, 0.1) is 15.3 Å². The highest BCUT2D eigenvalue weighted by atomic mass is 79.9. The number of nitrogens with zero attached hydrogens (tertiary/aromatic N) is 1. The molecule has 3 heteroatoms. The highest BCUT2D eigenvalue weighted by Crippen LogP contribution is 2.13. The minimum atomic E-state index is -2.75. The standard InChI is InChI=1S/C6H6BrNO/c1-9-5-2-3-8-6(7)4-5/h2-4H,1H3/i1D3,2D,3D,4D. The summed E-state index contributed by atoms with van der Waals surface area (Å²) in [6.07, 6.45) is -0.447. The van der Waals surface area contributed by atoms with E-state index in [-0.39, 0.29) is 10.6 Å². The Labute approximate surface area is 70.4 Å². The van der Waals surface area contributed by atoms with E-state index in [1.165, 1.54) is 0 Å². The number of halogens is 1. The van der Waals surface area contributed by atoms with Gasteiger partial charge in [-0.3, -0.25) is 0 Å². The Hall–Kier alpha value is -0.570. The highest BCUT2D eigenvalue weighted by Gasteiger charge is 1.89. The molecule has 0 unspecified atom stereocenters. The van der Waals surface area contributed by atoms with E-state index in [4.69, 9.17) is 8.22 Å². The number of hydrogen-bond acceptors (Lipinski definition) is 2. The average Bonchev–Trinajstić information content (AvgIpc) is 2.08. The second kappa shape index (κ2) is 2.82. The van der Waals surface area contributed by atoms with E-state index >= 15 is 0 Å². The Bertz CT molecular complexity index is 366. The fourth-order valence-corrected chi connectivity index (χ4v) is 0.600. The van der Waals surface area contributed by atoms with Gasteiger partial charge in [-0.05, 0) is 22.0 Å². The van der Waals surface area contributed by atoms with E-state index < -0.39 is 25.0 Å². The first-order chi connectivity index (χ1) is 6.72. The summed E-state index contributed by atoms with van der Waals surface area (Å²) in [5.74, 6) is -0.470. The fourth-order valence-electron chi connectivity index (χ4n) is 0.332. The molecule has 48 valence electrons. The van der Waals surface area contributed by atoms with Gasteiger partial charge in [-0.25, -0.2) is 4.98 Å². The van der Waals surface area contributed by atoms with Crippen molar-refractivity contribution in [2.45, 2.75) is 0 Å². The summed E-state index contributed by atoms with van der Waals surface area (Å²) in [4.78, 5) is 3.51. The van der Waals surface area contributed by atoms with Gasteiger partial charge in [0.15, 0.2) is 0 Å². The molecule has 0 aliphatic rings. The van der Waals surface area contributed by atoms with Crippen LogP contribution in [-0.4, -0.2) is 12.0 Å². The molecule has 1 heterocycles. The zero-order valence-corrected chi connectivity index (χ0v) is 5.82. The molecule has 0 aromatic carbocycles. The van der Waals surface area contributed by atoms with E-state index in [2.05, 4.69) is 25.7 Å². The number of pyridine rings is 1. The molecular weight excluding hydrogens is 182 g/mol. The van der Waals surface area contributed by atoms with Crippen LogP contribution in [0.25, 0.3) is 0 Å². The van der Waals surface area contributed by atoms with Gasteiger partial charge in [0, 0.05) is 12.2 Å². The lowest BCUT2D eigenvalue weighted by molar-refractivity contribution is 0.414. The monoisotopic (exact) mass is 193 g/mol. The van der Waals surface area contributed by atoms with Crippen LogP contribution in [0, 0.1) is 0 Å². The molecule has 0 radical (unpaired) electrons. The third-order valence-corrected chi connectivity index (χ3v) is 1.02. The van der Waals surface area contributed by atoms with Crippen molar-refractivity contribution in [3.63, 3.8) is 0 Å². The Balaban J connectivity index is 3.27. The Morgan fingerprint density at radius 3 is 3.67 bits per heavy atom. The maximum atomic E-state index is 7.43. The minimum Gasteiger partial charge on any atom is -0.497 e. The topological polar surface area (TPSA) is 22.1 Å². The van der Waals surface area contributed by atoms with E-state index in [0.29, 0.717) is 0 Å². The van der Waals surface area contributed by atoms with Crippen LogP contribution in [0.2, 0.25) is 0 Å². The molecule has 2 nitrogen and oxygen atoms in total. The fraction of sp³-hybridized carbons (Fsp3) is 0.167. The molecule has 0 saturated heterocycles. The lowest BCUT2D eigenvalue weighted by atomic mass is 10.5. The molecule has 0 amide bonds. The molecular formula is C6H6BrNO. The van der Waals surface area contributed by atoms with E-state index in [0.717, 1.165) is 0 Å². The first-order valence-corrected chi connectivity index (χ1v) is 2.84. The second-order valence-electron chi connectivity index (χ2n) is 1.20. The van der Waals surface area contributed by atoms with Crippen molar-refractivity contribution in [1.82, 2.24) is 4.98 Å². The maximum Gasteiger partial charge on any atom is 0.123 e. The number of aromatic nitrogens is 1. The molecule has 0 aliphatic carbocycles. The Morgan fingerprint density at radius 2 is 2.89 bits per heavy atom. The summed E-state index contributed by atoms with van der Waals surface area (Å²) in [7, 11) is -2.75. The van der Waals surface area contributed by atoms with Gasteiger partial charge in [0.2, 0.25) is 0 Å². The lowest BCUT2D eigenvalue weighted by Gasteiger charge is -1.96. The van der Waals surface area contributed by atoms with Crippen molar-refractivity contribution in [2.75, 3.05) is 7.04 Å². The largest absolute Gasteiger partial charge is 0.497 e. The van der Waals surface area contributed by atoms with Gasteiger partial charge < -0.3 is 4.74 Å². The van der Waals surface area contributed by atoms with Crippen molar-refractivity contribution in [1.29, 1.82) is 0 Å². The van der Waals surface area contributed by atoms with Crippen LogP contribution < -0.4 is 4.74 Å². The van der Waals surface area contributed by atoms with Gasteiger partial charge in [-0.1, -0.05) is 0 Å². The zero-order chi connectivity index (χ0) is 11.8. The lowest BCUT2D eigenvalue weighted by Crippen LogP contribution is -1.82. The van der Waals surface area contributed by atoms with Crippen LogP contribution >= 0.6 is 15.9 Å². The normalized spacial score (nSPS) is 20.1. The van der Waals surface area contributed by atoms with Gasteiger partial charge in [0.25, 0.3) is 0 Å². The first kappa shape index (κ1) is 2.23. The molecule has 0 fully saturated rings. The second-order valence-corrected chi connectivity index (χ2v) is 1.95. The molecule has 1 rings (SSSR count). The van der Waals surface area contributed by atoms with Gasteiger partial charge in [0.1, 0.15) is 10.4 Å². The molecule has 0 atom stereocenters. The molecule has 9 heavy (non-hydrogen) atoms. The molecule has 1 aromatic heterocycles. The minimum absolute atomic E-state index is 0.0252. The number of hydrogen-bond donors (Lipinski definition) is 0. The van der Waals surface area contributed by atoms with Gasteiger partial charge >= 0.3 is 0 Å². The summed E-state index contributed by atoms with van der Waals surface area (Å²) < 4.78 is 47.0. The third kappa shape index (κ3) is 1.68. The predicted molar refractivity (Wildman–Crippen MR) is 38.5 cm³/mol. The third-order valence-electron chi connectivity index (χ3n) is 0.642.